The zero-order valence-corrected chi connectivity index (χ0v) is 19.6. The van der Waals surface area contributed by atoms with E-state index in [4.69, 9.17) is 10.8 Å². The van der Waals surface area contributed by atoms with Gasteiger partial charge in [0.15, 0.2) is 0 Å². The van der Waals surface area contributed by atoms with Crippen molar-refractivity contribution in [1.29, 1.82) is 0 Å². The van der Waals surface area contributed by atoms with Crippen molar-refractivity contribution in [3.8, 4) is 16.3 Å². The molecule has 1 aromatic carbocycles. The Morgan fingerprint density at radius 3 is 2.76 bits per heavy atom. The van der Waals surface area contributed by atoms with E-state index in [9.17, 15) is 4.79 Å². The summed E-state index contributed by atoms with van der Waals surface area (Å²) in [6.07, 6.45) is 3.50. The van der Waals surface area contributed by atoms with Crippen molar-refractivity contribution in [2.45, 2.75) is 13.8 Å². The van der Waals surface area contributed by atoms with Crippen LogP contribution >= 0.6 is 22.7 Å². The lowest BCUT2D eigenvalue weighted by atomic mass is 10.1. The van der Waals surface area contributed by atoms with Gasteiger partial charge < -0.3 is 5.73 Å². The van der Waals surface area contributed by atoms with Crippen molar-refractivity contribution in [2.75, 3.05) is 5.73 Å². The molecule has 0 aliphatic heterocycles. The molecule has 0 atom stereocenters. The fourth-order valence-electron chi connectivity index (χ4n) is 3.65. The summed E-state index contributed by atoms with van der Waals surface area (Å²) in [5.74, 6) is -0.364. The Labute approximate surface area is 198 Å². The molecule has 5 aromatic rings. The maximum Gasteiger partial charge on any atom is 0.283 e. The average Bonchev–Trinajstić information content (AvgIpc) is 3.53. The molecule has 0 radical (unpaired) electrons. The fraction of sp³-hybridized carbons (Fsp3) is 0.0833. The Kier molecular flexibility index (Phi) is 5.49. The third kappa shape index (κ3) is 4.04. The number of pyridine rings is 1. The van der Waals surface area contributed by atoms with Gasteiger partial charge in [-0.15, -0.1) is 22.7 Å². The minimum atomic E-state index is -0.364. The largest absolute Gasteiger partial charge is 0.397 e. The topological polar surface area (TPSA) is 98.2 Å². The summed E-state index contributed by atoms with van der Waals surface area (Å²) in [4.78, 5) is 19.5. The summed E-state index contributed by atoms with van der Waals surface area (Å²) >= 11 is 2.87. The molecule has 0 aliphatic carbocycles. The number of hydrazone groups is 1. The van der Waals surface area contributed by atoms with Gasteiger partial charge in [-0.2, -0.15) is 10.2 Å². The lowest BCUT2D eigenvalue weighted by molar-refractivity contribution is 0.0960. The first-order chi connectivity index (χ1) is 16.0. The second-order valence-electron chi connectivity index (χ2n) is 7.50. The van der Waals surface area contributed by atoms with Gasteiger partial charge in [0.2, 0.25) is 0 Å². The van der Waals surface area contributed by atoms with Crippen LogP contribution in [0, 0.1) is 13.8 Å². The number of aromatic nitrogens is 3. The van der Waals surface area contributed by atoms with Gasteiger partial charge in [0.1, 0.15) is 15.4 Å². The Morgan fingerprint density at radius 2 is 2.00 bits per heavy atom. The minimum Gasteiger partial charge on any atom is -0.397 e. The van der Waals surface area contributed by atoms with Gasteiger partial charge in [-0.1, -0.05) is 24.3 Å². The molecule has 1 amide bonds. The standard InChI is InChI=1S/C24H20N6OS2/c1-14-11-15(2)27-24-19(14)20(25)22(33-24)23(31)28-26-12-16-13-30(17-7-4-3-5-8-17)29-21(16)18-9-6-10-32-18/h3-13H,25H2,1-2H3,(H,28,31)/b26-12-. The van der Waals surface area contributed by atoms with E-state index < -0.39 is 0 Å². The van der Waals surface area contributed by atoms with Crippen LogP contribution in [0.15, 0.2) is 65.2 Å². The van der Waals surface area contributed by atoms with Crippen LogP contribution in [0.2, 0.25) is 0 Å². The molecule has 0 spiro atoms. The highest BCUT2D eigenvalue weighted by molar-refractivity contribution is 7.21. The Bertz CT molecular complexity index is 1480. The predicted octanol–water partition coefficient (Wildman–Crippen LogP) is 5.17. The van der Waals surface area contributed by atoms with Crippen molar-refractivity contribution in [1.82, 2.24) is 20.2 Å². The fourth-order valence-corrected chi connectivity index (χ4v) is 5.49. The number of thiophene rings is 2. The van der Waals surface area contributed by atoms with Crippen LogP contribution in [0.1, 0.15) is 26.5 Å². The van der Waals surface area contributed by atoms with Crippen LogP contribution in [0.4, 0.5) is 5.69 Å². The molecule has 33 heavy (non-hydrogen) atoms. The van der Waals surface area contributed by atoms with Gasteiger partial charge in [0.05, 0.1) is 22.5 Å². The molecule has 9 heteroatoms. The Morgan fingerprint density at radius 1 is 1.18 bits per heavy atom. The van der Waals surface area contributed by atoms with E-state index in [1.807, 2.05) is 74.0 Å². The van der Waals surface area contributed by atoms with E-state index in [1.54, 1.807) is 22.2 Å². The molecule has 4 aromatic heterocycles. The SMILES string of the molecule is Cc1cc(C)c2c(N)c(C(=O)N/N=C\c3cn(-c4ccccc4)nc3-c3cccs3)sc2n1. The van der Waals surface area contributed by atoms with E-state index in [0.717, 1.165) is 43.3 Å². The maximum atomic E-state index is 12.8. The number of anilines is 1. The molecular formula is C24H20N6OS2. The molecule has 3 N–H and O–H groups in total. The summed E-state index contributed by atoms with van der Waals surface area (Å²) in [6, 6.07) is 15.8. The van der Waals surface area contributed by atoms with Crippen LogP contribution in [0.25, 0.3) is 26.5 Å². The number of amides is 1. The molecule has 7 nitrogen and oxygen atoms in total. The molecule has 0 saturated heterocycles. The number of hydrogen-bond donors (Lipinski definition) is 2. The number of nitrogen functional groups attached to an aromatic ring is 1. The van der Waals surface area contributed by atoms with Gasteiger partial charge in [-0.05, 0) is 49.1 Å². The summed E-state index contributed by atoms with van der Waals surface area (Å²) in [5, 5.41) is 11.8. The third-order valence-electron chi connectivity index (χ3n) is 5.12. The Balaban J connectivity index is 1.43. The quantitative estimate of drug-likeness (QED) is 0.272. The molecule has 0 saturated carbocycles. The second-order valence-corrected chi connectivity index (χ2v) is 9.44. The number of aryl methyl sites for hydroxylation is 2. The molecular weight excluding hydrogens is 452 g/mol. The Hall–Kier alpha value is -3.82. The number of carbonyl (C=O) groups is 1. The normalized spacial score (nSPS) is 11.5. The van der Waals surface area contributed by atoms with E-state index in [2.05, 4.69) is 15.5 Å². The van der Waals surface area contributed by atoms with Crippen LogP contribution in [0.5, 0.6) is 0 Å². The molecule has 0 fully saturated rings. The van der Waals surface area contributed by atoms with Crippen molar-refractivity contribution in [3.05, 3.63) is 81.8 Å². The smallest absolute Gasteiger partial charge is 0.283 e. The number of benzene rings is 1. The van der Waals surface area contributed by atoms with Crippen molar-refractivity contribution in [3.63, 3.8) is 0 Å². The number of para-hydroxylation sites is 1. The van der Waals surface area contributed by atoms with Crippen molar-refractivity contribution < 1.29 is 4.79 Å². The molecule has 164 valence electrons. The third-order valence-corrected chi connectivity index (χ3v) is 7.09. The first-order valence-electron chi connectivity index (χ1n) is 10.2. The van der Waals surface area contributed by atoms with E-state index >= 15 is 0 Å². The monoisotopic (exact) mass is 472 g/mol. The van der Waals surface area contributed by atoms with Crippen LogP contribution in [-0.4, -0.2) is 26.9 Å². The summed E-state index contributed by atoms with van der Waals surface area (Å²) in [5.41, 5.74) is 13.7. The highest BCUT2D eigenvalue weighted by Gasteiger charge is 2.19. The van der Waals surface area contributed by atoms with E-state index in [1.165, 1.54) is 11.3 Å². The number of nitrogens with zero attached hydrogens (tertiary/aromatic N) is 4. The molecule has 0 aliphatic rings. The van der Waals surface area contributed by atoms with E-state index in [-0.39, 0.29) is 5.91 Å². The van der Waals surface area contributed by atoms with Gasteiger partial charge >= 0.3 is 0 Å². The predicted molar refractivity (Wildman–Crippen MR) is 135 cm³/mol. The van der Waals surface area contributed by atoms with Crippen molar-refractivity contribution >= 4 is 50.7 Å². The maximum absolute atomic E-state index is 12.8. The molecule has 5 rings (SSSR count). The number of rotatable bonds is 5. The molecule has 4 heterocycles. The highest BCUT2D eigenvalue weighted by Crippen LogP contribution is 2.35. The van der Waals surface area contributed by atoms with Crippen molar-refractivity contribution in [2.24, 2.45) is 5.10 Å². The first kappa shape index (κ1) is 21.0. The zero-order valence-electron chi connectivity index (χ0n) is 17.9. The molecule has 0 bridgehead atoms. The second kappa shape index (κ2) is 8.61. The summed E-state index contributed by atoms with van der Waals surface area (Å²) in [6.45, 7) is 3.89. The lowest BCUT2D eigenvalue weighted by Crippen LogP contribution is -2.17. The van der Waals surface area contributed by atoms with Gasteiger partial charge in [-0.3, -0.25) is 4.79 Å². The van der Waals surface area contributed by atoms with Crippen LogP contribution in [-0.2, 0) is 0 Å². The highest BCUT2D eigenvalue weighted by atomic mass is 32.1. The number of fused-ring (bicyclic) bond motifs is 1. The van der Waals surface area contributed by atoms with E-state index in [0.29, 0.717) is 10.6 Å². The van der Waals surface area contributed by atoms with Gasteiger partial charge in [0.25, 0.3) is 5.91 Å². The first-order valence-corrected chi connectivity index (χ1v) is 11.9. The number of hydrogen-bond acceptors (Lipinski definition) is 7. The lowest BCUT2D eigenvalue weighted by Gasteiger charge is -2.00. The molecule has 0 unspecified atom stereocenters. The average molecular weight is 473 g/mol. The number of carbonyl (C=O) groups excluding carboxylic acids is 1. The van der Waals surface area contributed by atoms with Gasteiger partial charge in [-0.25, -0.2) is 15.1 Å². The zero-order chi connectivity index (χ0) is 22.9. The van der Waals surface area contributed by atoms with Crippen LogP contribution < -0.4 is 11.2 Å². The summed E-state index contributed by atoms with van der Waals surface area (Å²) in [7, 11) is 0. The summed E-state index contributed by atoms with van der Waals surface area (Å²) < 4.78 is 1.80. The van der Waals surface area contributed by atoms with Gasteiger partial charge in [0, 0.05) is 22.8 Å². The van der Waals surface area contributed by atoms with Crippen LogP contribution in [0.3, 0.4) is 0 Å². The number of nitrogens with two attached hydrogens (primary N) is 1. The minimum absolute atomic E-state index is 0.364. The number of nitrogens with one attached hydrogen (secondary N) is 1.